The van der Waals surface area contributed by atoms with E-state index >= 15 is 0 Å². The maximum Gasteiger partial charge on any atom is 0.293 e. The van der Waals surface area contributed by atoms with Crippen LogP contribution in [-0.2, 0) is 22.3 Å². The lowest BCUT2D eigenvalue weighted by Crippen LogP contribution is -2.40. The van der Waals surface area contributed by atoms with E-state index < -0.39 is 9.84 Å². The molecule has 0 atom stereocenters. The number of hydrogen-bond donors (Lipinski definition) is 2. The second-order valence-electron chi connectivity index (χ2n) is 11.8. The summed E-state index contributed by atoms with van der Waals surface area (Å²) in [6.07, 6.45) is 3.26. The van der Waals surface area contributed by atoms with Gasteiger partial charge in [0.2, 0.25) is 0 Å². The zero-order valence-corrected chi connectivity index (χ0v) is 25.8. The Morgan fingerprint density at radius 1 is 0.977 bits per heavy atom. The second-order valence-corrected chi connectivity index (χ2v) is 14.1. The summed E-state index contributed by atoms with van der Waals surface area (Å²) < 4.78 is 25.0. The highest BCUT2D eigenvalue weighted by Gasteiger charge is 2.22. The number of sulfone groups is 1. The summed E-state index contributed by atoms with van der Waals surface area (Å²) in [5.41, 5.74) is 5.35. The average Bonchev–Trinajstić information content (AvgIpc) is 2.96. The van der Waals surface area contributed by atoms with Gasteiger partial charge in [-0.3, -0.25) is 14.6 Å². The molecule has 5 rings (SSSR count). The number of nitrogens with one attached hydrogen (secondary N) is 2. The fraction of sp³-hybridized carbons (Fsp3) is 0.312. The summed E-state index contributed by atoms with van der Waals surface area (Å²) in [5.74, 6) is 0.187. The molecule has 0 aliphatic carbocycles. The van der Waals surface area contributed by atoms with Crippen molar-refractivity contribution in [2.24, 2.45) is 7.05 Å². The highest BCUT2D eigenvalue weighted by molar-refractivity contribution is 7.91. The largest absolute Gasteiger partial charge is 0.369 e. The molecule has 10 nitrogen and oxygen atoms in total. The summed E-state index contributed by atoms with van der Waals surface area (Å²) >= 11 is 0. The Kier molecular flexibility index (Phi) is 8.11. The second kappa shape index (κ2) is 11.6. The first-order chi connectivity index (χ1) is 20.3. The molecule has 0 saturated carbocycles. The van der Waals surface area contributed by atoms with E-state index in [-0.39, 0.29) is 34.2 Å². The lowest BCUT2D eigenvalue weighted by atomic mass is 9.91. The molecule has 1 amide bonds. The van der Waals surface area contributed by atoms with Gasteiger partial charge < -0.3 is 20.1 Å². The third-order valence-corrected chi connectivity index (χ3v) is 9.17. The van der Waals surface area contributed by atoms with Gasteiger partial charge in [-0.05, 0) is 55.0 Å². The summed E-state index contributed by atoms with van der Waals surface area (Å²) in [6, 6.07) is 16.7. The number of carbonyl (C=O) groups is 1. The van der Waals surface area contributed by atoms with Crippen LogP contribution >= 0.6 is 0 Å². The van der Waals surface area contributed by atoms with Gasteiger partial charge >= 0.3 is 0 Å². The van der Waals surface area contributed by atoms with Crippen molar-refractivity contribution in [2.45, 2.75) is 33.1 Å². The molecule has 1 aliphatic rings. The average molecular weight is 601 g/mol. The zero-order chi connectivity index (χ0) is 30.9. The number of aromatic nitrogens is 3. The standard InChI is InChI=1S/C32H36N6O4S/c1-21-25(7-6-8-26(21)36-30(39)22-9-14-28(33-19-22)32(2,3)4)27-20-37(5)31(40)29(35-27)34-23-10-12-24(13-11-23)38-15-17-43(41,42)18-16-38/h6-14,19-20H,15-18H2,1-5H3,(H,34,35)(H,36,39). The maximum atomic E-state index is 13.0. The van der Waals surface area contributed by atoms with Crippen LogP contribution in [0.3, 0.4) is 0 Å². The molecule has 0 unspecified atom stereocenters. The van der Waals surface area contributed by atoms with Gasteiger partial charge in [0, 0.05) is 66.3 Å². The molecule has 2 N–H and O–H groups in total. The van der Waals surface area contributed by atoms with E-state index in [1.54, 1.807) is 25.5 Å². The SMILES string of the molecule is Cc1c(NC(=O)c2ccc(C(C)(C)C)nc2)cccc1-c1cn(C)c(=O)c(Nc2ccc(N3CCS(=O)(=O)CC3)cc2)n1. The number of carbonyl (C=O) groups excluding carboxylic acids is 1. The minimum atomic E-state index is -2.96. The lowest BCUT2D eigenvalue weighted by molar-refractivity contribution is 0.102. The van der Waals surface area contributed by atoms with Crippen molar-refractivity contribution in [3.63, 3.8) is 0 Å². The number of amides is 1. The smallest absolute Gasteiger partial charge is 0.293 e. The number of nitrogens with zero attached hydrogens (tertiary/aromatic N) is 4. The first-order valence-electron chi connectivity index (χ1n) is 14.1. The van der Waals surface area contributed by atoms with Crippen LogP contribution in [0.4, 0.5) is 22.9 Å². The van der Waals surface area contributed by atoms with Gasteiger partial charge in [-0.15, -0.1) is 0 Å². The first-order valence-corrected chi connectivity index (χ1v) is 15.9. The number of pyridine rings is 1. The van der Waals surface area contributed by atoms with Crippen molar-refractivity contribution in [2.75, 3.05) is 40.1 Å². The van der Waals surface area contributed by atoms with Crippen LogP contribution in [-0.4, -0.2) is 53.5 Å². The van der Waals surface area contributed by atoms with Gasteiger partial charge in [-0.25, -0.2) is 13.4 Å². The molecule has 3 heterocycles. The van der Waals surface area contributed by atoms with Crippen LogP contribution in [0.1, 0.15) is 42.4 Å². The topological polar surface area (TPSA) is 126 Å². The Labute approximate surface area is 251 Å². The van der Waals surface area contributed by atoms with Crippen LogP contribution in [0.2, 0.25) is 0 Å². The summed E-state index contributed by atoms with van der Waals surface area (Å²) in [6.45, 7) is 9.03. The fourth-order valence-corrected chi connectivity index (χ4v) is 6.10. The van der Waals surface area contributed by atoms with Crippen molar-refractivity contribution in [1.82, 2.24) is 14.5 Å². The van der Waals surface area contributed by atoms with E-state index in [0.717, 1.165) is 22.5 Å². The summed E-state index contributed by atoms with van der Waals surface area (Å²) in [4.78, 5) is 37.2. The molecule has 43 heavy (non-hydrogen) atoms. The van der Waals surface area contributed by atoms with Gasteiger partial charge in [0.25, 0.3) is 11.5 Å². The monoisotopic (exact) mass is 600 g/mol. The molecule has 1 saturated heterocycles. The zero-order valence-electron chi connectivity index (χ0n) is 25.0. The molecule has 0 bridgehead atoms. The van der Waals surface area contributed by atoms with E-state index in [9.17, 15) is 18.0 Å². The van der Waals surface area contributed by atoms with E-state index in [2.05, 4.69) is 41.4 Å². The van der Waals surface area contributed by atoms with E-state index in [1.807, 2.05) is 60.4 Å². The minimum absolute atomic E-state index is 0.111. The molecule has 2 aromatic heterocycles. The summed E-state index contributed by atoms with van der Waals surface area (Å²) in [5, 5.41) is 6.12. The summed E-state index contributed by atoms with van der Waals surface area (Å²) in [7, 11) is -1.29. The number of aryl methyl sites for hydroxylation is 1. The van der Waals surface area contributed by atoms with Crippen molar-refractivity contribution >= 4 is 38.6 Å². The Hall–Kier alpha value is -4.51. The molecule has 2 aromatic carbocycles. The van der Waals surface area contributed by atoms with Crippen molar-refractivity contribution in [3.05, 3.63) is 94.2 Å². The molecule has 11 heteroatoms. The highest BCUT2D eigenvalue weighted by atomic mass is 32.2. The third-order valence-electron chi connectivity index (χ3n) is 7.56. The Morgan fingerprint density at radius 3 is 2.30 bits per heavy atom. The molecule has 0 spiro atoms. The van der Waals surface area contributed by atoms with Gasteiger partial charge in [0.15, 0.2) is 15.7 Å². The van der Waals surface area contributed by atoms with Crippen LogP contribution in [0, 0.1) is 6.92 Å². The number of anilines is 4. The molecule has 0 radical (unpaired) electrons. The molecule has 1 fully saturated rings. The predicted octanol–water partition coefficient (Wildman–Crippen LogP) is 4.68. The maximum absolute atomic E-state index is 13.0. The normalized spacial score (nSPS) is 14.8. The van der Waals surface area contributed by atoms with Crippen molar-refractivity contribution in [1.29, 1.82) is 0 Å². The molecule has 224 valence electrons. The Morgan fingerprint density at radius 2 is 1.67 bits per heavy atom. The van der Waals surface area contributed by atoms with Crippen molar-refractivity contribution < 1.29 is 13.2 Å². The van der Waals surface area contributed by atoms with Crippen LogP contribution in [0.25, 0.3) is 11.3 Å². The van der Waals surface area contributed by atoms with Crippen LogP contribution in [0.15, 0.2) is 71.8 Å². The highest BCUT2D eigenvalue weighted by Crippen LogP contribution is 2.29. The van der Waals surface area contributed by atoms with Crippen molar-refractivity contribution in [3.8, 4) is 11.3 Å². The van der Waals surface area contributed by atoms with E-state index in [4.69, 9.17) is 0 Å². The van der Waals surface area contributed by atoms with Gasteiger partial charge in [0.05, 0.1) is 22.8 Å². The van der Waals surface area contributed by atoms with Crippen LogP contribution < -0.4 is 21.1 Å². The van der Waals surface area contributed by atoms with Gasteiger partial charge in [-0.2, -0.15) is 0 Å². The Balaban J connectivity index is 1.35. The fourth-order valence-electron chi connectivity index (χ4n) is 4.90. The van der Waals surface area contributed by atoms with E-state index in [1.165, 1.54) is 4.57 Å². The molecule has 1 aliphatic heterocycles. The van der Waals surface area contributed by atoms with Gasteiger partial charge in [-0.1, -0.05) is 32.9 Å². The third kappa shape index (κ3) is 6.77. The van der Waals surface area contributed by atoms with E-state index in [0.29, 0.717) is 35.7 Å². The predicted molar refractivity (Wildman–Crippen MR) is 171 cm³/mol. The minimum Gasteiger partial charge on any atom is -0.369 e. The van der Waals surface area contributed by atoms with Gasteiger partial charge in [0.1, 0.15) is 0 Å². The molecular formula is C32H36N6O4S. The van der Waals surface area contributed by atoms with Crippen LogP contribution in [0.5, 0.6) is 0 Å². The number of rotatable bonds is 6. The number of benzene rings is 2. The Bertz CT molecular complexity index is 1810. The number of hydrogen-bond acceptors (Lipinski definition) is 8. The quantitative estimate of drug-likeness (QED) is 0.327. The molecule has 4 aromatic rings. The first kappa shape index (κ1) is 30.0. The lowest BCUT2D eigenvalue weighted by Gasteiger charge is -2.28. The molecular weight excluding hydrogens is 564 g/mol.